The van der Waals surface area contributed by atoms with Gasteiger partial charge in [0.2, 0.25) is 18.7 Å². The molecule has 0 radical (unpaired) electrons. The van der Waals surface area contributed by atoms with Crippen LogP contribution in [0.5, 0.6) is 11.5 Å². The second kappa shape index (κ2) is 12.2. The van der Waals surface area contributed by atoms with E-state index in [0.717, 1.165) is 17.0 Å². The van der Waals surface area contributed by atoms with Crippen LogP contribution in [0.4, 0.5) is 11.6 Å². The summed E-state index contributed by atoms with van der Waals surface area (Å²) in [4.78, 5) is 37.7. The molecule has 0 atom stereocenters. The van der Waals surface area contributed by atoms with Gasteiger partial charge in [0.25, 0.3) is 0 Å². The number of aromatic nitrogens is 2. The summed E-state index contributed by atoms with van der Waals surface area (Å²) in [6.07, 6.45) is 0. The van der Waals surface area contributed by atoms with Crippen LogP contribution in [0.25, 0.3) is 0 Å². The molecule has 39 heavy (non-hydrogen) atoms. The zero-order valence-corrected chi connectivity index (χ0v) is 22.5. The number of fused-ring (bicyclic) bond motifs is 1. The third-order valence-electron chi connectivity index (χ3n) is 5.33. The molecule has 0 spiro atoms. The first-order valence-electron chi connectivity index (χ1n) is 11.7. The van der Waals surface area contributed by atoms with Crippen LogP contribution in [0.3, 0.4) is 0 Å². The topological polar surface area (TPSA) is 145 Å². The van der Waals surface area contributed by atoms with E-state index in [0.29, 0.717) is 23.1 Å². The molecule has 0 bridgehead atoms. The number of carbonyl (C=O) groups is 2. The number of esters is 2. The van der Waals surface area contributed by atoms with E-state index >= 15 is 0 Å². The SMILES string of the molecule is COC(=O)c1cc(NC(=S)NC(=NCc2ccc3c(c2)OCO3)Nc2nc(C)cc(C)n2)cc(C(=O)OC)c1. The zero-order valence-electron chi connectivity index (χ0n) is 21.7. The number of methoxy groups -OCH3 is 2. The summed E-state index contributed by atoms with van der Waals surface area (Å²) in [5, 5.41) is 9.13. The van der Waals surface area contributed by atoms with Gasteiger partial charge < -0.3 is 29.6 Å². The Kier molecular flexibility index (Phi) is 8.51. The Morgan fingerprint density at radius 1 is 0.923 bits per heavy atom. The normalized spacial score (nSPS) is 11.9. The van der Waals surface area contributed by atoms with E-state index in [2.05, 4.69) is 30.9 Å². The molecule has 13 heteroatoms. The number of ether oxygens (including phenoxy) is 4. The molecule has 0 saturated carbocycles. The summed E-state index contributed by atoms with van der Waals surface area (Å²) in [6.45, 7) is 4.16. The second-order valence-electron chi connectivity index (χ2n) is 8.31. The summed E-state index contributed by atoms with van der Waals surface area (Å²) in [6, 6.07) is 11.8. The lowest BCUT2D eigenvalue weighted by Gasteiger charge is -2.15. The van der Waals surface area contributed by atoms with Crippen molar-refractivity contribution < 1.29 is 28.5 Å². The lowest BCUT2D eigenvalue weighted by Crippen LogP contribution is -2.39. The first-order valence-corrected chi connectivity index (χ1v) is 12.1. The first-order chi connectivity index (χ1) is 18.7. The van der Waals surface area contributed by atoms with Gasteiger partial charge in [0.15, 0.2) is 16.6 Å². The van der Waals surface area contributed by atoms with E-state index in [1.165, 1.54) is 32.4 Å². The van der Waals surface area contributed by atoms with Gasteiger partial charge in [-0.2, -0.15) is 0 Å². The number of hydrogen-bond donors (Lipinski definition) is 3. The molecule has 1 aliphatic rings. The average molecular weight is 551 g/mol. The predicted octanol–water partition coefficient (Wildman–Crippen LogP) is 3.35. The molecular formula is C26H26N6O6S. The van der Waals surface area contributed by atoms with Crippen molar-refractivity contribution in [2.45, 2.75) is 20.4 Å². The maximum atomic E-state index is 12.1. The van der Waals surface area contributed by atoms with Crippen molar-refractivity contribution in [1.29, 1.82) is 0 Å². The highest BCUT2D eigenvalue weighted by Crippen LogP contribution is 2.32. The minimum atomic E-state index is -0.623. The first kappa shape index (κ1) is 27.3. The van der Waals surface area contributed by atoms with Gasteiger partial charge in [-0.15, -0.1) is 0 Å². The second-order valence-corrected chi connectivity index (χ2v) is 8.72. The number of aliphatic imine (C=N–C) groups is 1. The van der Waals surface area contributed by atoms with Gasteiger partial charge in [-0.1, -0.05) is 6.07 Å². The molecule has 2 aromatic carbocycles. The Balaban J connectivity index is 1.57. The highest BCUT2D eigenvalue weighted by Gasteiger charge is 2.16. The van der Waals surface area contributed by atoms with E-state index in [-0.39, 0.29) is 35.5 Å². The zero-order chi connectivity index (χ0) is 27.9. The predicted molar refractivity (Wildman–Crippen MR) is 147 cm³/mol. The Labute approximate surface area is 229 Å². The molecule has 1 aliphatic heterocycles. The van der Waals surface area contributed by atoms with E-state index in [9.17, 15) is 9.59 Å². The van der Waals surface area contributed by atoms with Crippen molar-refractivity contribution in [2.24, 2.45) is 4.99 Å². The van der Waals surface area contributed by atoms with Gasteiger partial charge in [0.05, 0.1) is 31.9 Å². The standard InChI is InChI=1S/C26H26N6O6S/c1-14-7-15(2)29-25(28-14)31-24(27-12-16-5-6-20-21(8-16)38-13-37-20)32-26(39)30-19-10-17(22(33)35-3)9-18(11-19)23(34)36-4/h5-11H,12-13H2,1-4H3,(H3,27,28,29,30,31,32,39). The molecule has 0 amide bonds. The van der Waals surface area contributed by atoms with Crippen molar-refractivity contribution in [3.8, 4) is 11.5 Å². The molecule has 2 heterocycles. The Bertz CT molecular complexity index is 1410. The number of guanidine groups is 1. The Morgan fingerprint density at radius 3 is 2.21 bits per heavy atom. The van der Waals surface area contributed by atoms with Crippen LogP contribution in [-0.2, 0) is 16.0 Å². The van der Waals surface area contributed by atoms with Gasteiger partial charge in [0.1, 0.15) is 0 Å². The number of benzene rings is 2. The largest absolute Gasteiger partial charge is 0.465 e. The van der Waals surface area contributed by atoms with E-state index < -0.39 is 11.9 Å². The van der Waals surface area contributed by atoms with Gasteiger partial charge in [-0.05, 0) is 68.0 Å². The van der Waals surface area contributed by atoms with Gasteiger partial charge in [-0.3, -0.25) is 5.32 Å². The fourth-order valence-corrected chi connectivity index (χ4v) is 3.86. The van der Waals surface area contributed by atoms with Crippen molar-refractivity contribution >= 4 is 46.9 Å². The van der Waals surface area contributed by atoms with Crippen LogP contribution in [0, 0.1) is 13.8 Å². The average Bonchev–Trinajstić information content (AvgIpc) is 3.38. The minimum absolute atomic E-state index is 0.120. The van der Waals surface area contributed by atoms with Gasteiger partial charge >= 0.3 is 11.9 Å². The molecule has 1 aromatic heterocycles. The fraction of sp³-hybridized carbons (Fsp3) is 0.231. The van der Waals surface area contributed by atoms with Gasteiger partial charge in [-0.25, -0.2) is 24.5 Å². The fourth-order valence-electron chi connectivity index (χ4n) is 3.65. The summed E-state index contributed by atoms with van der Waals surface area (Å²) < 4.78 is 20.4. The smallest absolute Gasteiger partial charge is 0.337 e. The summed E-state index contributed by atoms with van der Waals surface area (Å²) in [7, 11) is 2.49. The van der Waals surface area contributed by atoms with E-state index in [1.807, 2.05) is 38.1 Å². The van der Waals surface area contributed by atoms with Crippen LogP contribution in [0.2, 0.25) is 0 Å². The quantitative estimate of drug-likeness (QED) is 0.179. The molecule has 3 N–H and O–H groups in total. The monoisotopic (exact) mass is 550 g/mol. The third-order valence-corrected chi connectivity index (χ3v) is 5.54. The molecule has 4 rings (SSSR count). The maximum Gasteiger partial charge on any atom is 0.337 e. The van der Waals surface area contributed by atoms with Crippen molar-refractivity contribution in [1.82, 2.24) is 15.3 Å². The molecular weight excluding hydrogens is 524 g/mol. The molecule has 202 valence electrons. The summed E-state index contributed by atoms with van der Waals surface area (Å²) in [5.41, 5.74) is 3.06. The number of rotatable bonds is 6. The van der Waals surface area contributed by atoms with E-state index in [4.69, 9.17) is 31.2 Å². The van der Waals surface area contributed by atoms with Crippen LogP contribution in [0.1, 0.15) is 37.7 Å². The Hall–Kier alpha value is -4.78. The molecule has 0 unspecified atom stereocenters. The third kappa shape index (κ3) is 7.17. The number of hydrogen-bond acceptors (Lipinski definition) is 10. The van der Waals surface area contributed by atoms with Crippen molar-refractivity contribution in [2.75, 3.05) is 31.6 Å². The molecule has 3 aromatic rings. The summed E-state index contributed by atoms with van der Waals surface area (Å²) in [5.74, 6) is 0.658. The van der Waals surface area contributed by atoms with Crippen LogP contribution >= 0.6 is 12.2 Å². The molecule has 0 saturated heterocycles. The minimum Gasteiger partial charge on any atom is -0.465 e. The number of carbonyl (C=O) groups excluding carboxylic acids is 2. The number of nitrogens with one attached hydrogen (secondary N) is 3. The van der Waals surface area contributed by atoms with Crippen molar-refractivity contribution in [3.63, 3.8) is 0 Å². The molecule has 12 nitrogen and oxygen atoms in total. The number of nitrogens with zero attached hydrogens (tertiary/aromatic N) is 3. The number of anilines is 2. The maximum absolute atomic E-state index is 12.1. The van der Waals surface area contributed by atoms with Crippen molar-refractivity contribution in [3.05, 3.63) is 70.5 Å². The molecule has 0 fully saturated rings. The van der Waals surface area contributed by atoms with Crippen LogP contribution < -0.4 is 25.4 Å². The highest BCUT2D eigenvalue weighted by atomic mass is 32.1. The molecule has 0 aliphatic carbocycles. The lowest BCUT2D eigenvalue weighted by atomic mass is 10.1. The van der Waals surface area contributed by atoms with E-state index in [1.54, 1.807) is 0 Å². The van der Waals surface area contributed by atoms with Crippen LogP contribution in [0.15, 0.2) is 47.5 Å². The lowest BCUT2D eigenvalue weighted by molar-refractivity contribution is 0.0599. The van der Waals surface area contributed by atoms with Gasteiger partial charge in [0, 0.05) is 17.1 Å². The highest BCUT2D eigenvalue weighted by molar-refractivity contribution is 7.80. The number of thiocarbonyl (C=S) groups is 1. The summed E-state index contributed by atoms with van der Waals surface area (Å²) >= 11 is 5.50. The van der Waals surface area contributed by atoms with Crippen LogP contribution in [-0.4, -0.2) is 54.0 Å². The Morgan fingerprint density at radius 2 is 1.56 bits per heavy atom. The number of aryl methyl sites for hydroxylation is 2.